The molecule has 0 unspecified atom stereocenters. The third-order valence-electron chi connectivity index (χ3n) is 3.66. The van der Waals surface area contributed by atoms with Crippen LogP contribution in [0.4, 0.5) is 0 Å². The molecule has 6 heteroatoms. The zero-order valence-corrected chi connectivity index (χ0v) is 14.7. The summed E-state index contributed by atoms with van der Waals surface area (Å²) >= 11 is 3.18. The molecule has 0 bridgehead atoms. The van der Waals surface area contributed by atoms with E-state index in [9.17, 15) is 4.79 Å². The van der Waals surface area contributed by atoms with Gasteiger partial charge in [-0.25, -0.2) is 10.4 Å². The van der Waals surface area contributed by atoms with Gasteiger partial charge < -0.3 is 0 Å². The number of hydrazone groups is 1. The highest BCUT2D eigenvalue weighted by Crippen LogP contribution is 2.27. The SMILES string of the molecule is O=C(NN=Cc1ccsc1)c1cc(-c2cccs2)nc2ccccc12. The highest BCUT2D eigenvalue weighted by atomic mass is 32.1. The summed E-state index contributed by atoms with van der Waals surface area (Å²) in [4.78, 5) is 18.4. The Morgan fingerprint density at radius 1 is 1.12 bits per heavy atom. The monoisotopic (exact) mass is 363 g/mol. The molecule has 25 heavy (non-hydrogen) atoms. The Morgan fingerprint density at radius 3 is 2.84 bits per heavy atom. The Hall–Kier alpha value is -2.83. The van der Waals surface area contributed by atoms with E-state index >= 15 is 0 Å². The third kappa shape index (κ3) is 3.35. The number of pyridine rings is 1. The molecule has 0 spiro atoms. The smallest absolute Gasteiger partial charge is 0.267 e. The van der Waals surface area contributed by atoms with E-state index in [1.165, 1.54) is 0 Å². The van der Waals surface area contributed by atoms with Crippen LogP contribution in [-0.2, 0) is 0 Å². The largest absolute Gasteiger partial charge is 0.272 e. The summed E-state index contributed by atoms with van der Waals surface area (Å²) in [6.45, 7) is 0. The second kappa shape index (κ2) is 6.96. The van der Waals surface area contributed by atoms with Crippen molar-refractivity contribution in [3.05, 3.63) is 75.8 Å². The van der Waals surface area contributed by atoms with E-state index in [0.717, 1.165) is 27.0 Å². The number of para-hydroxylation sites is 1. The fourth-order valence-electron chi connectivity index (χ4n) is 2.49. The molecule has 0 saturated heterocycles. The summed E-state index contributed by atoms with van der Waals surface area (Å²) in [5.41, 5.74) is 5.73. The third-order valence-corrected chi connectivity index (χ3v) is 5.25. The minimum Gasteiger partial charge on any atom is -0.267 e. The van der Waals surface area contributed by atoms with E-state index in [2.05, 4.69) is 15.5 Å². The van der Waals surface area contributed by atoms with Crippen LogP contribution in [0.15, 0.2) is 69.8 Å². The van der Waals surface area contributed by atoms with Crippen molar-refractivity contribution in [1.29, 1.82) is 0 Å². The van der Waals surface area contributed by atoms with Gasteiger partial charge in [-0.2, -0.15) is 16.4 Å². The molecule has 1 N–H and O–H groups in total. The Balaban J connectivity index is 1.70. The predicted octanol–water partition coefficient (Wildman–Crippen LogP) is 4.79. The molecule has 0 saturated carbocycles. The number of nitrogens with zero attached hydrogens (tertiary/aromatic N) is 2. The summed E-state index contributed by atoms with van der Waals surface area (Å²) < 4.78 is 0. The van der Waals surface area contributed by atoms with Crippen molar-refractivity contribution in [2.24, 2.45) is 5.10 Å². The molecule has 3 aromatic heterocycles. The van der Waals surface area contributed by atoms with E-state index in [1.807, 2.05) is 64.7 Å². The highest BCUT2D eigenvalue weighted by molar-refractivity contribution is 7.13. The van der Waals surface area contributed by atoms with Gasteiger partial charge >= 0.3 is 0 Å². The molecule has 1 amide bonds. The van der Waals surface area contributed by atoms with E-state index in [0.29, 0.717) is 5.56 Å². The van der Waals surface area contributed by atoms with E-state index < -0.39 is 0 Å². The predicted molar refractivity (Wildman–Crippen MR) is 104 cm³/mol. The molecule has 0 aliphatic rings. The van der Waals surface area contributed by atoms with Gasteiger partial charge in [0.2, 0.25) is 0 Å². The fraction of sp³-hybridized carbons (Fsp3) is 0. The fourth-order valence-corrected chi connectivity index (χ4v) is 3.78. The number of benzene rings is 1. The first-order chi connectivity index (χ1) is 12.3. The van der Waals surface area contributed by atoms with Gasteiger partial charge in [-0.15, -0.1) is 11.3 Å². The van der Waals surface area contributed by atoms with Crippen LogP contribution < -0.4 is 5.43 Å². The molecule has 0 aliphatic heterocycles. The molecule has 4 nitrogen and oxygen atoms in total. The van der Waals surface area contributed by atoms with E-state index in [1.54, 1.807) is 28.9 Å². The molecular formula is C19H13N3OS2. The van der Waals surface area contributed by atoms with Crippen LogP contribution >= 0.6 is 22.7 Å². The zero-order chi connectivity index (χ0) is 17.1. The first-order valence-electron chi connectivity index (χ1n) is 7.60. The molecule has 0 fully saturated rings. The van der Waals surface area contributed by atoms with Gasteiger partial charge in [-0.3, -0.25) is 4.79 Å². The molecule has 4 aromatic rings. The Labute approximate surface area is 152 Å². The maximum absolute atomic E-state index is 12.7. The summed E-state index contributed by atoms with van der Waals surface area (Å²) in [7, 11) is 0. The molecule has 122 valence electrons. The number of fused-ring (bicyclic) bond motifs is 1. The Kier molecular flexibility index (Phi) is 4.37. The van der Waals surface area contributed by atoms with Crippen LogP contribution in [0, 0.1) is 0 Å². The van der Waals surface area contributed by atoms with Gasteiger partial charge in [0.25, 0.3) is 5.91 Å². The minimum atomic E-state index is -0.247. The van der Waals surface area contributed by atoms with Crippen molar-refractivity contribution in [2.75, 3.05) is 0 Å². The summed E-state index contributed by atoms with van der Waals surface area (Å²) in [5, 5.41) is 10.8. The summed E-state index contributed by atoms with van der Waals surface area (Å²) in [6.07, 6.45) is 1.64. The lowest BCUT2D eigenvalue weighted by molar-refractivity contribution is 0.0957. The molecule has 0 aliphatic carbocycles. The lowest BCUT2D eigenvalue weighted by Gasteiger charge is -2.07. The first-order valence-corrected chi connectivity index (χ1v) is 9.43. The molecule has 4 rings (SSSR count). The molecular weight excluding hydrogens is 350 g/mol. The Morgan fingerprint density at radius 2 is 2.04 bits per heavy atom. The van der Waals surface area contributed by atoms with Crippen LogP contribution in [0.2, 0.25) is 0 Å². The molecule has 0 radical (unpaired) electrons. The van der Waals surface area contributed by atoms with Gasteiger partial charge in [0.15, 0.2) is 0 Å². The van der Waals surface area contributed by atoms with Gasteiger partial charge in [-0.05, 0) is 40.4 Å². The molecule has 3 heterocycles. The number of thiophene rings is 2. The standard InChI is InChI=1S/C19H13N3OS2/c23-19(22-20-11-13-7-9-24-12-13)15-10-17(18-6-3-8-25-18)21-16-5-2-1-4-14(15)16/h1-12H,(H,22,23). The van der Waals surface area contributed by atoms with Gasteiger partial charge in [0, 0.05) is 10.9 Å². The number of nitrogens with one attached hydrogen (secondary N) is 1. The van der Waals surface area contributed by atoms with Crippen molar-refractivity contribution in [2.45, 2.75) is 0 Å². The van der Waals surface area contributed by atoms with Crippen LogP contribution in [0.5, 0.6) is 0 Å². The molecule has 0 atom stereocenters. The summed E-state index contributed by atoms with van der Waals surface area (Å²) in [5.74, 6) is -0.247. The Bertz CT molecular complexity index is 1040. The maximum Gasteiger partial charge on any atom is 0.272 e. The van der Waals surface area contributed by atoms with Crippen molar-refractivity contribution >= 4 is 45.7 Å². The van der Waals surface area contributed by atoms with Crippen LogP contribution in [0.3, 0.4) is 0 Å². The summed E-state index contributed by atoms with van der Waals surface area (Å²) in [6, 6.07) is 15.4. The van der Waals surface area contributed by atoms with Gasteiger partial charge in [0.05, 0.1) is 27.9 Å². The van der Waals surface area contributed by atoms with Crippen LogP contribution in [-0.4, -0.2) is 17.1 Å². The maximum atomic E-state index is 12.7. The number of carbonyl (C=O) groups is 1. The second-order valence-electron chi connectivity index (χ2n) is 5.31. The normalized spacial score (nSPS) is 11.2. The second-order valence-corrected chi connectivity index (χ2v) is 7.03. The number of hydrogen-bond donors (Lipinski definition) is 1. The van der Waals surface area contributed by atoms with Gasteiger partial charge in [0.1, 0.15) is 0 Å². The van der Waals surface area contributed by atoms with Crippen molar-refractivity contribution in [3.63, 3.8) is 0 Å². The van der Waals surface area contributed by atoms with Crippen LogP contribution in [0.25, 0.3) is 21.5 Å². The quantitative estimate of drug-likeness (QED) is 0.419. The first kappa shape index (κ1) is 15.7. The van der Waals surface area contributed by atoms with Crippen LogP contribution in [0.1, 0.15) is 15.9 Å². The number of carbonyl (C=O) groups excluding carboxylic acids is 1. The number of rotatable bonds is 4. The van der Waals surface area contributed by atoms with E-state index in [4.69, 9.17) is 0 Å². The number of aromatic nitrogens is 1. The van der Waals surface area contributed by atoms with E-state index in [-0.39, 0.29) is 5.91 Å². The van der Waals surface area contributed by atoms with Crippen molar-refractivity contribution in [1.82, 2.24) is 10.4 Å². The topological polar surface area (TPSA) is 54.4 Å². The lowest BCUT2D eigenvalue weighted by Crippen LogP contribution is -2.18. The highest BCUT2D eigenvalue weighted by Gasteiger charge is 2.13. The number of amides is 1. The average molecular weight is 363 g/mol. The van der Waals surface area contributed by atoms with Gasteiger partial charge in [-0.1, -0.05) is 24.3 Å². The minimum absolute atomic E-state index is 0.247. The van der Waals surface area contributed by atoms with Crippen molar-refractivity contribution < 1.29 is 4.79 Å². The molecule has 1 aromatic carbocycles. The van der Waals surface area contributed by atoms with Crippen molar-refractivity contribution in [3.8, 4) is 10.6 Å². The lowest BCUT2D eigenvalue weighted by atomic mass is 10.1. The number of hydrogen-bond acceptors (Lipinski definition) is 5. The average Bonchev–Trinajstić information content (AvgIpc) is 3.34. The zero-order valence-electron chi connectivity index (χ0n) is 13.0.